The van der Waals surface area contributed by atoms with Crippen molar-refractivity contribution in [3.8, 4) is 11.8 Å². The third-order valence-corrected chi connectivity index (χ3v) is 7.02. The molecule has 0 bridgehead atoms. The van der Waals surface area contributed by atoms with Gasteiger partial charge < -0.3 is 24.5 Å². The number of nitrogens with zero attached hydrogens (tertiary/aromatic N) is 5. The highest BCUT2D eigenvalue weighted by molar-refractivity contribution is 5.95. The van der Waals surface area contributed by atoms with Gasteiger partial charge in [0.2, 0.25) is 0 Å². The Kier molecular flexibility index (Phi) is 6.95. The standard InChI is InChI=1S/C28H37N5O2/c1-20(18-31(2)3)35-28-29-25-19-33(26-17-22(34)16-21-10-6-7-11-23(21)26)15-12-24(25)27(30-28)32-13-8-4-5-9-14-32/h6-7,10-11,16-17,20,34H,4-5,8-9,12-15,18-19H2,1-3H3. The van der Waals surface area contributed by atoms with Crippen molar-refractivity contribution in [3.63, 3.8) is 0 Å². The van der Waals surface area contributed by atoms with Crippen molar-refractivity contribution in [3.05, 3.63) is 47.7 Å². The topological polar surface area (TPSA) is 65.0 Å². The van der Waals surface area contributed by atoms with Crippen LogP contribution in [0, 0.1) is 0 Å². The molecule has 2 aliphatic rings. The van der Waals surface area contributed by atoms with E-state index in [1.165, 1.54) is 31.2 Å². The van der Waals surface area contributed by atoms with Crippen LogP contribution in [0.2, 0.25) is 0 Å². The molecule has 3 heterocycles. The van der Waals surface area contributed by atoms with Crippen molar-refractivity contribution >= 4 is 22.3 Å². The van der Waals surface area contributed by atoms with Crippen LogP contribution in [-0.4, -0.2) is 66.4 Å². The molecule has 186 valence electrons. The maximum Gasteiger partial charge on any atom is 0.318 e. The predicted octanol–water partition coefficient (Wildman–Crippen LogP) is 4.61. The minimum Gasteiger partial charge on any atom is -0.508 e. The second kappa shape index (κ2) is 10.3. The molecule has 1 saturated heterocycles. The lowest BCUT2D eigenvalue weighted by atomic mass is 10.0. The van der Waals surface area contributed by atoms with Gasteiger partial charge in [-0.25, -0.2) is 0 Å². The number of likely N-dealkylation sites (N-methyl/N-ethyl adjacent to an activating group) is 1. The Morgan fingerprint density at radius 3 is 2.54 bits per heavy atom. The van der Waals surface area contributed by atoms with E-state index in [2.05, 4.69) is 33.8 Å². The van der Waals surface area contributed by atoms with Gasteiger partial charge in [0.05, 0.1) is 12.2 Å². The van der Waals surface area contributed by atoms with Gasteiger partial charge in [0, 0.05) is 48.9 Å². The summed E-state index contributed by atoms with van der Waals surface area (Å²) in [6, 6.07) is 12.4. The molecule has 0 saturated carbocycles. The summed E-state index contributed by atoms with van der Waals surface area (Å²) in [4.78, 5) is 16.8. The molecule has 2 aromatic carbocycles. The number of hydrogen-bond donors (Lipinski definition) is 1. The van der Waals surface area contributed by atoms with Gasteiger partial charge in [-0.2, -0.15) is 9.97 Å². The third-order valence-electron chi connectivity index (χ3n) is 7.02. The van der Waals surface area contributed by atoms with Gasteiger partial charge in [0.1, 0.15) is 17.7 Å². The van der Waals surface area contributed by atoms with Gasteiger partial charge in [-0.05, 0) is 51.7 Å². The van der Waals surface area contributed by atoms with Gasteiger partial charge in [-0.1, -0.05) is 37.1 Å². The van der Waals surface area contributed by atoms with E-state index in [0.29, 0.717) is 18.3 Å². The molecule has 1 N–H and O–H groups in total. The Morgan fingerprint density at radius 2 is 1.77 bits per heavy atom. The normalized spacial score (nSPS) is 17.4. The maximum atomic E-state index is 10.4. The molecule has 0 radical (unpaired) electrons. The summed E-state index contributed by atoms with van der Waals surface area (Å²) >= 11 is 0. The fraction of sp³-hybridized carbons (Fsp3) is 0.500. The van der Waals surface area contributed by atoms with E-state index in [9.17, 15) is 5.11 Å². The Balaban J connectivity index is 1.51. The summed E-state index contributed by atoms with van der Waals surface area (Å²) in [6.45, 7) is 6.49. The number of fused-ring (bicyclic) bond motifs is 2. The highest BCUT2D eigenvalue weighted by Gasteiger charge is 2.27. The van der Waals surface area contributed by atoms with Gasteiger partial charge in [-0.15, -0.1) is 0 Å². The largest absolute Gasteiger partial charge is 0.508 e. The highest BCUT2D eigenvalue weighted by atomic mass is 16.5. The molecular formula is C28H37N5O2. The van der Waals surface area contributed by atoms with Crippen molar-refractivity contribution in [1.29, 1.82) is 0 Å². The van der Waals surface area contributed by atoms with Crippen LogP contribution in [0.4, 0.5) is 11.5 Å². The number of aromatic nitrogens is 2. The Hall–Kier alpha value is -3.06. The predicted molar refractivity (Wildman–Crippen MR) is 142 cm³/mol. The monoisotopic (exact) mass is 475 g/mol. The van der Waals surface area contributed by atoms with E-state index < -0.39 is 0 Å². The lowest BCUT2D eigenvalue weighted by Gasteiger charge is -2.34. The SMILES string of the molecule is CC(CN(C)C)Oc1nc2c(c(N3CCCCCC3)n1)CCN(c1cc(O)cc3ccccc13)C2. The summed E-state index contributed by atoms with van der Waals surface area (Å²) in [6.07, 6.45) is 5.84. The van der Waals surface area contributed by atoms with Crippen molar-refractivity contribution < 1.29 is 9.84 Å². The average molecular weight is 476 g/mol. The number of anilines is 2. The summed E-state index contributed by atoms with van der Waals surface area (Å²) in [5.74, 6) is 1.35. The fourth-order valence-electron chi connectivity index (χ4n) is 5.46. The number of hydrogen-bond acceptors (Lipinski definition) is 7. The van der Waals surface area contributed by atoms with Gasteiger partial charge in [-0.3, -0.25) is 0 Å². The molecule has 0 spiro atoms. The second-order valence-corrected chi connectivity index (χ2v) is 10.2. The minimum atomic E-state index is -0.00487. The van der Waals surface area contributed by atoms with Gasteiger partial charge in [0.25, 0.3) is 0 Å². The van der Waals surface area contributed by atoms with E-state index >= 15 is 0 Å². The van der Waals surface area contributed by atoms with Crippen LogP contribution >= 0.6 is 0 Å². The number of phenolic OH excluding ortho intramolecular Hbond substituents is 1. The van der Waals surface area contributed by atoms with Gasteiger partial charge in [0.15, 0.2) is 0 Å². The highest BCUT2D eigenvalue weighted by Crippen LogP contribution is 2.36. The Bertz CT molecular complexity index is 1170. The zero-order valence-corrected chi connectivity index (χ0v) is 21.2. The molecular weight excluding hydrogens is 438 g/mol. The van der Waals surface area contributed by atoms with E-state index in [1.807, 2.05) is 38.4 Å². The molecule has 35 heavy (non-hydrogen) atoms. The lowest BCUT2D eigenvalue weighted by molar-refractivity contribution is 0.163. The quantitative estimate of drug-likeness (QED) is 0.559. The fourth-order valence-corrected chi connectivity index (χ4v) is 5.46. The third kappa shape index (κ3) is 5.30. The van der Waals surface area contributed by atoms with Crippen LogP contribution in [0.15, 0.2) is 36.4 Å². The summed E-state index contributed by atoms with van der Waals surface area (Å²) < 4.78 is 6.24. The Labute approximate surface area is 208 Å². The molecule has 1 unspecified atom stereocenters. The molecule has 1 fully saturated rings. The first kappa shape index (κ1) is 23.7. The molecule has 5 rings (SSSR count). The smallest absolute Gasteiger partial charge is 0.318 e. The second-order valence-electron chi connectivity index (χ2n) is 10.2. The van der Waals surface area contributed by atoms with Crippen molar-refractivity contribution in [2.45, 2.75) is 51.7 Å². The van der Waals surface area contributed by atoms with E-state index in [0.717, 1.165) is 60.6 Å². The molecule has 1 aromatic heterocycles. The number of aromatic hydroxyl groups is 1. The molecule has 7 nitrogen and oxygen atoms in total. The summed E-state index contributed by atoms with van der Waals surface area (Å²) in [5.41, 5.74) is 3.33. The van der Waals surface area contributed by atoms with Crippen LogP contribution in [0.3, 0.4) is 0 Å². The van der Waals surface area contributed by atoms with Crippen molar-refractivity contribution in [2.24, 2.45) is 0 Å². The minimum absolute atomic E-state index is 0.00487. The Morgan fingerprint density at radius 1 is 1.00 bits per heavy atom. The number of ether oxygens (including phenoxy) is 1. The molecule has 0 amide bonds. The molecule has 0 aliphatic carbocycles. The van der Waals surface area contributed by atoms with Crippen molar-refractivity contribution in [1.82, 2.24) is 14.9 Å². The number of benzene rings is 2. The first-order valence-electron chi connectivity index (χ1n) is 12.9. The maximum absolute atomic E-state index is 10.4. The van der Waals surface area contributed by atoms with Crippen LogP contribution in [0.5, 0.6) is 11.8 Å². The zero-order chi connectivity index (χ0) is 24.4. The van der Waals surface area contributed by atoms with E-state index in [-0.39, 0.29) is 6.10 Å². The number of phenols is 1. The summed E-state index contributed by atoms with van der Waals surface area (Å²) in [7, 11) is 4.10. The van der Waals surface area contributed by atoms with Crippen molar-refractivity contribution in [2.75, 3.05) is 50.1 Å². The summed E-state index contributed by atoms with van der Waals surface area (Å²) in [5, 5.41) is 12.6. The van der Waals surface area contributed by atoms with E-state index in [4.69, 9.17) is 14.7 Å². The van der Waals surface area contributed by atoms with Crippen LogP contribution in [-0.2, 0) is 13.0 Å². The first-order chi connectivity index (χ1) is 17.0. The molecule has 3 aromatic rings. The number of rotatable bonds is 6. The van der Waals surface area contributed by atoms with Crippen LogP contribution in [0.1, 0.15) is 43.9 Å². The first-order valence-corrected chi connectivity index (χ1v) is 12.9. The molecule has 1 atom stereocenters. The molecule has 2 aliphatic heterocycles. The average Bonchev–Trinajstić information content (AvgIpc) is 3.11. The van der Waals surface area contributed by atoms with E-state index in [1.54, 1.807) is 0 Å². The van der Waals surface area contributed by atoms with Gasteiger partial charge >= 0.3 is 6.01 Å². The van der Waals surface area contributed by atoms with Crippen LogP contribution < -0.4 is 14.5 Å². The van der Waals surface area contributed by atoms with Crippen LogP contribution in [0.25, 0.3) is 10.8 Å². The zero-order valence-electron chi connectivity index (χ0n) is 21.2. The molecule has 7 heteroatoms. The lowest BCUT2D eigenvalue weighted by Crippen LogP contribution is -2.35.